The first-order chi connectivity index (χ1) is 17.9. The second-order valence-electron chi connectivity index (χ2n) is 8.07. The number of thioether (sulfide) groups is 1. The predicted molar refractivity (Wildman–Crippen MR) is 144 cm³/mol. The molecule has 1 unspecified atom stereocenters. The lowest BCUT2D eigenvalue weighted by atomic mass is 9.99. The van der Waals surface area contributed by atoms with Crippen molar-refractivity contribution in [1.29, 1.82) is 5.26 Å². The number of carboxylic acid groups (broad SMARTS) is 1. The average Bonchev–Trinajstić information content (AvgIpc) is 2.93. The normalized spacial score (nSPS) is 11.3. The third kappa shape index (κ3) is 5.97. The standard InChI is InChI=1S/C29H23N3O4S/c1-18(27(33)31-22-12-8-21(9-13-22)29(34)35)37-28-25(17-30)24(19-10-14-23(36-2)15-11-19)16-26(32-28)20-6-4-3-5-7-20/h3-16,18H,1-2H3,(H,31,33)(H,34,35). The van der Waals surface area contributed by atoms with E-state index in [9.17, 15) is 14.9 Å². The number of pyridine rings is 1. The maximum atomic E-state index is 12.9. The van der Waals surface area contributed by atoms with Crippen LogP contribution in [0.4, 0.5) is 5.69 Å². The fourth-order valence-corrected chi connectivity index (χ4v) is 4.56. The lowest BCUT2D eigenvalue weighted by molar-refractivity contribution is -0.115. The number of nitriles is 1. The fourth-order valence-electron chi connectivity index (χ4n) is 3.63. The first kappa shape index (κ1) is 25.5. The Kier molecular flexibility index (Phi) is 7.86. The van der Waals surface area contributed by atoms with E-state index in [1.165, 1.54) is 36.0 Å². The van der Waals surface area contributed by atoms with Gasteiger partial charge in [-0.05, 0) is 55.0 Å². The molecule has 1 amide bonds. The summed E-state index contributed by atoms with van der Waals surface area (Å²) >= 11 is 1.19. The van der Waals surface area contributed by atoms with Crippen LogP contribution in [0.25, 0.3) is 22.4 Å². The molecule has 7 nitrogen and oxygen atoms in total. The molecular weight excluding hydrogens is 486 g/mol. The van der Waals surface area contributed by atoms with Crippen LogP contribution in [0.15, 0.2) is 90.0 Å². The number of aromatic carboxylic acids is 1. The second kappa shape index (κ2) is 11.4. The van der Waals surface area contributed by atoms with Crippen LogP contribution >= 0.6 is 11.8 Å². The molecule has 0 saturated carbocycles. The summed E-state index contributed by atoms with van der Waals surface area (Å²) in [6.07, 6.45) is 0. The van der Waals surface area contributed by atoms with E-state index < -0.39 is 11.2 Å². The Labute approximate surface area is 218 Å². The Morgan fingerprint density at radius 2 is 1.68 bits per heavy atom. The number of rotatable bonds is 8. The van der Waals surface area contributed by atoms with Gasteiger partial charge in [-0.1, -0.05) is 54.2 Å². The van der Waals surface area contributed by atoms with E-state index in [4.69, 9.17) is 14.8 Å². The zero-order valence-electron chi connectivity index (χ0n) is 20.1. The van der Waals surface area contributed by atoms with Gasteiger partial charge in [-0.25, -0.2) is 9.78 Å². The summed E-state index contributed by atoms with van der Waals surface area (Å²) in [6, 6.07) is 27.2. The van der Waals surface area contributed by atoms with Crippen molar-refractivity contribution in [3.8, 4) is 34.2 Å². The summed E-state index contributed by atoms with van der Waals surface area (Å²) in [7, 11) is 1.59. The molecule has 0 aliphatic rings. The van der Waals surface area contributed by atoms with E-state index in [2.05, 4.69) is 11.4 Å². The zero-order valence-corrected chi connectivity index (χ0v) is 21.0. The number of amides is 1. The van der Waals surface area contributed by atoms with Crippen LogP contribution in [0.3, 0.4) is 0 Å². The summed E-state index contributed by atoms with van der Waals surface area (Å²) < 4.78 is 5.27. The van der Waals surface area contributed by atoms with Crippen LogP contribution in [0.2, 0.25) is 0 Å². The number of hydrogen-bond acceptors (Lipinski definition) is 6. The van der Waals surface area contributed by atoms with Crippen molar-refractivity contribution in [2.75, 3.05) is 12.4 Å². The van der Waals surface area contributed by atoms with E-state index in [0.29, 0.717) is 33.3 Å². The summed E-state index contributed by atoms with van der Waals surface area (Å²) in [5.74, 6) is -0.631. The second-order valence-corrected chi connectivity index (χ2v) is 9.40. The SMILES string of the molecule is COc1ccc(-c2cc(-c3ccccc3)nc(SC(C)C(=O)Nc3ccc(C(=O)O)cc3)c2C#N)cc1. The van der Waals surface area contributed by atoms with E-state index in [0.717, 1.165) is 11.1 Å². The highest BCUT2D eigenvalue weighted by atomic mass is 32.2. The maximum Gasteiger partial charge on any atom is 0.335 e. The molecule has 1 aromatic heterocycles. The third-order valence-corrected chi connectivity index (χ3v) is 6.71. The predicted octanol–water partition coefficient (Wildman–Crippen LogP) is 6.11. The number of carbonyl (C=O) groups excluding carboxylic acids is 1. The van der Waals surface area contributed by atoms with Gasteiger partial charge < -0.3 is 15.2 Å². The summed E-state index contributed by atoms with van der Waals surface area (Å²) in [5, 5.41) is 21.8. The molecule has 4 rings (SSSR count). The van der Waals surface area contributed by atoms with Gasteiger partial charge in [0.05, 0.1) is 29.2 Å². The first-order valence-corrected chi connectivity index (χ1v) is 12.2. The maximum absolute atomic E-state index is 12.9. The number of ether oxygens (including phenoxy) is 1. The zero-order chi connectivity index (χ0) is 26.4. The minimum atomic E-state index is -1.04. The van der Waals surface area contributed by atoms with E-state index in [1.54, 1.807) is 14.0 Å². The number of aromatic nitrogens is 1. The van der Waals surface area contributed by atoms with Crippen molar-refractivity contribution in [3.05, 3.63) is 96.1 Å². The van der Waals surface area contributed by atoms with Crippen molar-refractivity contribution in [2.24, 2.45) is 0 Å². The van der Waals surface area contributed by atoms with E-state index in [1.807, 2.05) is 60.7 Å². The summed E-state index contributed by atoms with van der Waals surface area (Å²) in [6.45, 7) is 1.73. The van der Waals surface area contributed by atoms with Crippen LogP contribution in [0.5, 0.6) is 5.75 Å². The molecule has 0 bridgehead atoms. The highest BCUT2D eigenvalue weighted by Crippen LogP contribution is 2.36. The van der Waals surface area contributed by atoms with Crippen molar-refractivity contribution in [1.82, 2.24) is 4.98 Å². The number of hydrogen-bond donors (Lipinski definition) is 2. The number of nitrogens with zero attached hydrogens (tertiary/aromatic N) is 2. The molecule has 2 N–H and O–H groups in total. The number of carboxylic acids is 1. The number of benzene rings is 3. The van der Waals surface area contributed by atoms with Crippen LogP contribution in [-0.4, -0.2) is 34.3 Å². The molecule has 0 aliphatic carbocycles. The molecule has 0 fully saturated rings. The van der Waals surface area contributed by atoms with Crippen LogP contribution in [0, 0.1) is 11.3 Å². The monoisotopic (exact) mass is 509 g/mol. The van der Waals surface area contributed by atoms with Gasteiger partial charge in [0, 0.05) is 16.8 Å². The van der Waals surface area contributed by atoms with Crippen molar-refractivity contribution >= 4 is 29.3 Å². The number of nitrogens with one attached hydrogen (secondary N) is 1. The molecule has 0 aliphatic heterocycles. The van der Waals surface area contributed by atoms with Crippen LogP contribution < -0.4 is 10.1 Å². The van der Waals surface area contributed by atoms with Crippen molar-refractivity contribution in [3.63, 3.8) is 0 Å². The Morgan fingerprint density at radius 1 is 1.00 bits per heavy atom. The highest BCUT2D eigenvalue weighted by Gasteiger charge is 2.22. The number of carbonyl (C=O) groups is 2. The molecule has 3 aromatic carbocycles. The molecule has 8 heteroatoms. The molecule has 1 atom stereocenters. The van der Waals surface area contributed by atoms with Gasteiger partial charge in [0.15, 0.2) is 0 Å². The lowest BCUT2D eigenvalue weighted by Crippen LogP contribution is -2.22. The van der Waals surface area contributed by atoms with Crippen LogP contribution in [0.1, 0.15) is 22.8 Å². The largest absolute Gasteiger partial charge is 0.497 e. The molecule has 0 spiro atoms. The smallest absolute Gasteiger partial charge is 0.335 e. The van der Waals surface area contributed by atoms with Gasteiger partial charge in [-0.2, -0.15) is 5.26 Å². The van der Waals surface area contributed by atoms with E-state index in [-0.39, 0.29) is 11.5 Å². The Morgan fingerprint density at radius 3 is 2.27 bits per heavy atom. The third-order valence-electron chi connectivity index (χ3n) is 5.63. The molecule has 0 radical (unpaired) electrons. The minimum absolute atomic E-state index is 0.132. The molecule has 1 heterocycles. The summed E-state index contributed by atoms with van der Waals surface area (Å²) in [4.78, 5) is 28.8. The quantitative estimate of drug-likeness (QED) is 0.275. The summed E-state index contributed by atoms with van der Waals surface area (Å²) in [5.41, 5.74) is 4.09. The molecular formula is C29H23N3O4S. The van der Waals surface area contributed by atoms with Crippen molar-refractivity contribution < 1.29 is 19.4 Å². The molecule has 37 heavy (non-hydrogen) atoms. The lowest BCUT2D eigenvalue weighted by Gasteiger charge is -2.16. The van der Waals surface area contributed by atoms with Gasteiger partial charge in [0.2, 0.25) is 5.91 Å². The number of anilines is 1. The van der Waals surface area contributed by atoms with Crippen molar-refractivity contribution in [2.45, 2.75) is 17.2 Å². The Hall–Kier alpha value is -4.61. The van der Waals surface area contributed by atoms with Crippen LogP contribution in [-0.2, 0) is 4.79 Å². The number of methoxy groups -OCH3 is 1. The Balaban J connectivity index is 1.68. The van der Waals surface area contributed by atoms with Gasteiger partial charge in [0.25, 0.3) is 0 Å². The van der Waals surface area contributed by atoms with Gasteiger partial charge in [-0.15, -0.1) is 0 Å². The average molecular weight is 510 g/mol. The van der Waals surface area contributed by atoms with Gasteiger partial charge in [-0.3, -0.25) is 4.79 Å². The first-order valence-electron chi connectivity index (χ1n) is 11.4. The topological polar surface area (TPSA) is 112 Å². The van der Waals surface area contributed by atoms with E-state index >= 15 is 0 Å². The minimum Gasteiger partial charge on any atom is -0.497 e. The highest BCUT2D eigenvalue weighted by molar-refractivity contribution is 8.00. The fraction of sp³-hybridized carbons (Fsp3) is 0.103. The molecule has 184 valence electrons. The van der Waals surface area contributed by atoms with Gasteiger partial charge >= 0.3 is 5.97 Å². The molecule has 4 aromatic rings. The van der Waals surface area contributed by atoms with Gasteiger partial charge in [0.1, 0.15) is 16.8 Å². The molecule has 0 saturated heterocycles. The Bertz CT molecular complexity index is 1460.